The molecule has 2 heterocycles. The van der Waals surface area contributed by atoms with E-state index in [9.17, 15) is 18.0 Å². The third-order valence-electron chi connectivity index (χ3n) is 8.84. The van der Waals surface area contributed by atoms with Gasteiger partial charge in [-0.1, -0.05) is 82.9 Å². The molecule has 2 atom stereocenters. The number of fused-ring (bicyclic) bond motifs is 3. The maximum absolute atomic E-state index is 14.2. The first kappa shape index (κ1) is 30.0. The zero-order chi connectivity index (χ0) is 30.8. The number of para-hydroxylation sites is 1. The van der Waals surface area contributed by atoms with Gasteiger partial charge in [-0.15, -0.1) is 0 Å². The molecule has 4 aromatic carbocycles. The molecular formula is C34H37N4O5S+. The lowest BCUT2D eigenvalue weighted by Crippen LogP contribution is -2.68. The monoisotopic (exact) mass is 613 g/mol. The Morgan fingerprint density at radius 2 is 1.59 bits per heavy atom. The summed E-state index contributed by atoms with van der Waals surface area (Å²) in [6.45, 7) is 1.75. The molecule has 10 heteroatoms. The number of rotatable bonds is 9. The van der Waals surface area contributed by atoms with Crippen LogP contribution in [0.25, 0.3) is 10.8 Å². The van der Waals surface area contributed by atoms with E-state index in [2.05, 4.69) is 16.1 Å². The van der Waals surface area contributed by atoms with Gasteiger partial charge >= 0.3 is 10.0 Å². The summed E-state index contributed by atoms with van der Waals surface area (Å²) in [5, 5.41) is 8.08. The summed E-state index contributed by atoms with van der Waals surface area (Å²) >= 11 is 0. The average molecular weight is 614 g/mol. The fourth-order valence-electron chi connectivity index (χ4n) is 6.52. The van der Waals surface area contributed by atoms with Gasteiger partial charge in [-0.25, -0.2) is 0 Å². The van der Waals surface area contributed by atoms with Gasteiger partial charge in [0.05, 0.1) is 24.9 Å². The molecule has 2 aliphatic rings. The van der Waals surface area contributed by atoms with E-state index in [0.717, 1.165) is 54.1 Å². The van der Waals surface area contributed by atoms with Crippen LogP contribution in [0.1, 0.15) is 34.3 Å². The summed E-state index contributed by atoms with van der Waals surface area (Å²) in [6, 6.07) is 28.8. The smallest absolute Gasteiger partial charge is 0.321 e. The lowest BCUT2D eigenvalue weighted by Gasteiger charge is -2.36. The summed E-state index contributed by atoms with van der Waals surface area (Å²) in [5.74, 6) is -1.10. The van der Waals surface area contributed by atoms with Crippen LogP contribution in [0.4, 0.5) is 5.69 Å². The number of hydrogen-bond acceptors (Lipinski definition) is 6. The number of carbonyl (C=O) groups excluding carboxylic acids is 2. The maximum atomic E-state index is 14.2. The van der Waals surface area contributed by atoms with Crippen molar-refractivity contribution in [3.05, 3.63) is 114 Å². The highest BCUT2D eigenvalue weighted by Crippen LogP contribution is 2.50. The second-order valence-electron chi connectivity index (χ2n) is 11.7. The van der Waals surface area contributed by atoms with Gasteiger partial charge in [0.1, 0.15) is 12.6 Å². The highest BCUT2D eigenvalue weighted by molar-refractivity contribution is 7.90. The summed E-state index contributed by atoms with van der Waals surface area (Å²) in [5.41, 5.74) is 5.25. The third kappa shape index (κ3) is 5.73. The van der Waals surface area contributed by atoms with E-state index in [1.54, 1.807) is 24.3 Å². The van der Waals surface area contributed by atoms with Crippen molar-refractivity contribution in [2.75, 3.05) is 32.5 Å². The highest BCUT2D eigenvalue weighted by atomic mass is 32.2. The summed E-state index contributed by atoms with van der Waals surface area (Å²) in [7, 11) is -3.92. The summed E-state index contributed by atoms with van der Waals surface area (Å²) in [4.78, 5) is 27.7. The minimum absolute atomic E-state index is 0.152. The van der Waals surface area contributed by atoms with Gasteiger partial charge in [-0.2, -0.15) is 13.8 Å². The Kier molecular flexibility index (Phi) is 8.26. The molecule has 0 aliphatic carbocycles. The summed E-state index contributed by atoms with van der Waals surface area (Å²) < 4.78 is 32.6. The fraction of sp³-hybridized carbons (Fsp3) is 0.294. The average Bonchev–Trinajstić information content (AvgIpc) is 3.30. The quantitative estimate of drug-likeness (QED) is 0.248. The third-order valence-corrected chi connectivity index (χ3v) is 10.4. The van der Waals surface area contributed by atoms with Crippen molar-refractivity contribution in [3.8, 4) is 0 Å². The number of quaternary nitrogens is 1. The maximum Gasteiger partial charge on any atom is 0.321 e. The fourth-order valence-corrected chi connectivity index (χ4v) is 7.78. The zero-order valence-corrected chi connectivity index (χ0v) is 25.5. The topological polar surface area (TPSA) is 114 Å². The van der Waals surface area contributed by atoms with Crippen molar-refractivity contribution in [2.45, 2.75) is 30.9 Å². The standard InChI is InChI=1S/C34H36N4O5S/c1-44(41,42)38(24-34(17-19-35-20-18-34)29-13-7-8-14-31(29)38)37-33(40)30(23-43-22-25-9-3-2-4-10-25)36-32(39)28-16-15-26-11-5-6-12-27(26)21-28/h2-16,21,30,35H,17-20,22-24H2,1H3,(H-,36,37,39,40)/p+1. The van der Waals surface area contributed by atoms with E-state index < -0.39 is 37.3 Å². The minimum atomic E-state index is -3.92. The van der Waals surface area contributed by atoms with Gasteiger partial charge in [-0.05, 0) is 54.4 Å². The molecule has 3 N–H and O–H groups in total. The van der Waals surface area contributed by atoms with Crippen LogP contribution in [0, 0.1) is 0 Å². The first-order valence-electron chi connectivity index (χ1n) is 14.8. The number of carbonyl (C=O) groups is 2. The number of ether oxygens (including phenoxy) is 1. The second kappa shape index (κ2) is 12.1. The predicted octanol–water partition coefficient (Wildman–Crippen LogP) is 3.79. The van der Waals surface area contributed by atoms with Crippen molar-refractivity contribution in [3.63, 3.8) is 0 Å². The number of piperidine rings is 1. The van der Waals surface area contributed by atoms with Crippen LogP contribution >= 0.6 is 0 Å². The van der Waals surface area contributed by atoms with Crippen LogP contribution in [0.5, 0.6) is 0 Å². The Hall–Kier alpha value is -4.09. The molecule has 2 unspecified atom stereocenters. The molecule has 2 aliphatic heterocycles. The van der Waals surface area contributed by atoms with Crippen LogP contribution in [0.2, 0.25) is 0 Å². The van der Waals surface area contributed by atoms with Crippen molar-refractivity contribution in [1.82, 2.24) is 20.1 Å². The number of amides is 2. The second-order valence-corrected chi connectivity index (χ2v) is 13.8. The SMILES string of the molecule is CS(=O)(=O)[N+]1(NC(=O)C(COCc2ccccc2)NC(=O)c2ccc3ccccc3c2)CC2(CCNCC2)c2ccccc21. The number of benzene rings is 4. The van der Waals surface area contributed by atoms with E-state index in [1.165, 1.54) is 0 Å². The molecule has 0 bridgehead atoms. The van der Waals surface area contributed by atoms with E-state index in [1.807, 2.05) is 72.8 Å². The van der Waals surface area contributed by atoms with Gasteiger partial charge in [0.25, 0.3) is 11.8 Å². The molecule has 0 aromatic heterocycles. The molecule has 9 nitrogen and oxygen atoms in total. The Bertz CT molecular complexity index is 1790. The highest BCUT2D eigenvalue weighted by Gasteiger charge is 2.60. The molecule has 0 saturated carbocycles. The first-order chi connectivity index (χ1) is 21.2. The lowest BCUT2D eigenvalue weighted by atomic mass is 9.75. The van der Waals surface area contributed by atoms with Gasteiger partial charge < -0.3 is 15.4 Å². The van der Waals surface area contributed by atoms with Gasteiger partial charge in [0.15, 0.2) is 5.69 Å². The lowest BCUT2D eigenvalue weighted by molar-refractivity contribution is -0.127. The molecule has 4 aromatic rings. The van der Waals surface area contributed by atoms with Crippen molar-refractivity contribution in [1.29, 1.82) is 0 Å². The van der Waals surface area contributed by atoms with Gasteiger partial charge in [0, 0.05) is 17.2 Å². The first-order valence-corrected chi connectivity index (χ1v) is 16.7. The largest absolute Gasteiger partial charge is 0.374 e. The van der Waals surface area contributed by atoms with E-state index in [-0.39, 0.29) is 19.8 Å². The van der Waals surface area contributed by atoms with Crippen molar-refractivity contribution < 1.29 is 22.7 Å². The van der Waals surface area contributed by atoms with Crippen LogP contribution < -0.4 is 20.1 Å². The van der Waals surface area contributed by atoms with E-state index in [0.29, 0.717) is 11.3 Å². The Morgan fingerprint density at radius 1 is 0.909 bits per heavy atom. The van der Waals surface area contributed by atoms with E-state index >= 15 is 0 Å². The Morgan fingerprint density at radius 3 is 2.34 bits per heavy atom. The molecule has 6 rings (SSSR count). The number of hydrogen-bond donors (Lipinski definition) is 3. The minimum Gasteiger partial charge on any atom is -0.374 e. The molecule has 2 amide bonds. The molecule has 1 saturated heterocycles. The molecule has 44 heavy (non-hydrogen) atoms. The van der Waals surface area contributed by atoms with Gasteiger partial charge in [-0.3, -0.25) is 9.59 Å². The van der Waals surface area contributed by atoms with E-state index in [4.69, 9.17) is 4.74 Å². The van der Waals surface area contributed by atoms with Crippen LogP contribution in [0.15, 0.2) is 97.1 Å². The number of nitrogens with one attached hydrogen (secondary N) is 3. The molecule has 228 valence electrons. The molecule has 1 fully saturated rings. The van der Waals surface area contributed by atoms with Crippen LogP contribution in [-0.2, 0) is 31.6 Å². The Labute approximate surface area is 257 Å². The number of nitrogens with zero attached hydrogens (tertiary/aromatic N) is 1. The normalized spacial score (nSPS) is 19.8. The van der Waals surface area contributed by atoms with Gasteiger partial charge in [0.2, 0.25) is 0 Å². The molecular weight excluding hydrogens is 576 g/mol. The zero-order valence-electron chi connectivity index (χ0n) is 24.7. The predicted molar refractivity (Wildman–Crippen MR) is 171 cm³/mol. The molecule has 1 spiro atoms. The molecule has 0 radical (unpaired) electrons. The Balaban J connectivity index is 1.31. The number of sulfonamides is 1. The van der Waals surface area contributed by atoms with Crippen LogP contribution in [0.3, 0.4) is 0 Å². The van der Waals surface area contributed by atoms with Crippen molar-refractivity contribution >= 4 is 38.3 Å². The van der Waals surface area contributed by atoms with Crippen molar-refractivity contribution in [2.24, 2.45) is 0 Å². The van der Waals surface area contributed by atoms with Crippen LogP contribution in [-0.4, -0.2) is 58.8 Å². The summed E-state index contributed by atoms with van der Waals surface area (Å²) in [6.07, 6.45) is 2.65.